The van der Waals surface area contributed by atoms with Crippen LogP contribution in [0.25, 0.3) is 10.8 Å². The fourth-order valence-corrected chi connectivity index (χ4v) is 5.47. The molecule has 160 valence electrons. The van der Waals surface area contributed by atoms with Crippen LogP contribution >= 0.6 is 0 Å². The van der Waals surface area contributed by atoms with E-state index < -0.39 is 10.0 Å². The Balaban J connectivity index is 1.79. The Labute approximate surface area is 182 Å². The van der Waals surface area contributed by atoms with Gasteiger partial charge in [-0.2, -0.15) is 5.26 Å². The van der Waals surface area contributed by atoms with Gasteiger partial charge in [-0.05, 0) is 78.1 Å². The number of methoxy groups -OCH3 is 1. The van der Waals surface area contributed by atoms with Crippen molar-refractivity contribution in [2.24, 2.45) is 0 Å². The number of hydrogen-bond acceptors (Lipinski definition) is 5. The number of hydrogen-bond donors (Lipinski definition) is 0. The van der Waals surface area contributed by atoms with Gasteiger partial charge in [-0.1, -0.05) is 18.2 Å². The van der Waals surface area contributed by atoms with Crippen LogP contribution in [0.1, 0.15) is 36.1 Å². The van der Waals surface area contributed by atoms with E-state index in [0.717, 1.165) is 28.3 Å². The summed E-state index contributed by atoms with van der Waals surface area (Å²) in [4.78, 5) is 0. The quantitative estimate of drug-likeness (QED) is 0.530. The Morgan fingerprint density at radius 2 is 1.90 bits per heavy atom. The first-order chi connectivity index (χ1) is 15.0. The van der Waals surface area contributed by atoms with Gasteiger partial charge >= 0.3 is 0 Å². The Kier molecular flexibility index (Phi) is 5.86. The van der Waals surface area contributed by atoms with Gasteiger partial charge in [0, 0.05) is 7.11 Å². The van der Waals surface area contributed by atoms with Gasteiger partial charge in [0.1, 0.15) is 5.75 Å². The SMILES string of the molecule is CCS(=O)(=O)N1c2ccc(OCOC)cc2CCC1c1ccc2ccc(C#N)cc2c1. The molecule has 0 saturated carbocycles. The third kappa shape index (κ3) is 4.09. The molecule has 31 heavy (non-hydrogen) atoms. The van der Waals surface area contributed by atoms with Crippen LogP contribution in [-0.4, -0.2) is 28.1 Å². The summed E-state index contributed by atoms with van der Waals surface area (Å²) in [7, 11) is -1.96. The maximum absolute atomic E-state index is 13.2. The van der Waals surface area contributed by atoms with Gasteiger partial charge in [0.05, 0.1) is 29.1 Å². The van der Waals surface area contributed by atoms with Gasteiger partial charge in [-0.3, -0.25) is 4.31 Å². The van der Waals surface area contributed by atoms with Crippen LogP contribution < -0.4 is 9.04 Å². The Morgan fingerprint density at radius 3 is 2.65 bits per heavy atom. The monoisotopic (exact) mass is 436 g/mol. The van der Waals surface area contributed by atoms with E-state index in [1.165, 1.54) is 0 Å². The number of aryl methyl sites for hydroxylation is 1. The van der Waals surface area contributed by atoms with Crippen molar-refractivity contribution >= 4 is 26.5 Å². The molecule has 1 aliphatic rings. The molecule has 0 spiro atoms. The van der Waals surface area contributed by atoms with Crippen LogP contribution in [0, 0.1) is 11.3 Å². The zero-order valence-corrected chi connectivity index (χ0v) is 18.4. The summed E-state index contributed by atoms with van der Waals surface area (Å²) < 4.78 is 38.4. The minimum Gasteiger partial charge on any atom is -0.468 e. The van der Waals surface area contributed by atoms with E-state index in [1.54, 1.807) is 30.5 Å². The number of anilines is 1. The summed E-state index contributed by atoms with van der Waals surface area (Å²) in [6.07, 6.45) is 1.39. The van der Waals surface area contributed by atoms with E-state index in [9.17, 15) is 13.7 Å². The van der Waals surface area contributed by atoms with Crippen molar-refractivity contribution < 1.29 is 17.9 Å². The predicted octanol–water partition coefficient (Wildman–Crippen LogP) is 4.54. The van der Waals surface area contributed by atoms with E-state index in [-0.39, 0.29) is 18.6 Å². The average molecular weight is 437 g/mol. The summed E-state index contributed by atoms with van der Waals surface area (Å²) in [6.45, 7) is 1.80. The predicted molar refractivity (Wildman–Crippen MR) is 121 cm³/mol. The van der Waals surface area contributed by atoms with Crippen molar-refractivity contribution in [2.75, 3.05) is 24.0 Å². The molecular weight excluding hydrogens is 412 g/mol. The number of rotatable bonds is 6. The number of benzene rings is 3. The lowest BCUT2D eigenvalue weighted by molar-refractivity contribution is 0.0511. The minimum absolute atomic E-state index is 0.0109. The van der Waals surface area contributed by atoms with Crippen LogP contribution in [0.5, 0.6) is 5.75 Å². The molecule has 7 heteroatoms. The molecule has 0 aromatic heterocycles. The molecule has 0 amide bonds. The molecule has 0 aliphatic carbocycles. The Morgan fingerprint density at radius 1 is 1.10 bits per heavy atom. The highest BCUT2D eigenvalue weighted by Crippen LogP contribution is 2.42. The number of sulfonamides is 1. The van der Waals surface area contributed by atoms with Gasteiger partial charge in [-0.15, -0.1) is 0 Å². The second kappa shape index (κ2) is 8.58. The molecule has 1 atom stereocenters. The lowest BCUT2D eigenvalue weighted by Gasteiger charge is -2.38. The van der Waals surface area contributed by atoms with Gasteiger partial charge in [0.15, 0.2) is 6.79 Å². The van der Waals surface area contributed by atoms with Gasteiger partial charge in [-0.25, -0.2) is 8.42 Å². The number of nitriles is 1. The van der Waals surface area contributed by atoms with Crippen LogP contribution in [-0.2, 0) is 21.2 Å². The summed E-state index contributed by atoms with van der Waals surface area (Å²) in [5.74, 6) is 0.666. The van der Waals surface area contributed by atoms with Crippen LogP contribution in [0.3, 0.4) is 0 Å². The molecule has 3 aromatic rings. The molecule has 0 radical (unpaired) electrons. The second-order valence-electron chi connectivity index (χ2n) is 7.53. The molecule has 1 aliphatic heterocycles. The number of fused-ring (bicyclic) bond motifs is 2. The number of ether oxygens (including phenoxy) is 2. The normalized spacial score (nSPS) is 16.0. The minimum atomic E-state index is -3.51. The Bertz CT molecular complexity index is 1260. The molecule has 6 nitrogen and oxygen atoms in total. The van der Waals surface area contributed by atoms with E-state index in [1.807, 2.05) is 42.5 Å². The van der Waals surface area contributed by atoms with Crippen molar-refractivity contribution in [2.45, 2.75) is 25.8 Å². The third-order valence-corrected chi connectivity index (χ3v) is 7.42. The van der Waals surface area contributed by atoms with Crippen LogP contribution in [0.4, 0.5) is 5.69 Å². The average Bonchev–Trinajstić information content (AvgIpc) is 2.80. The van der Waals surface area contributed by atoms with Crippen molar-refractivity contribution in [3.8, 4) is 11.8 Å². The molecule has 0 fully saturated rings. The number of nitrogens with zero attached hydrogens (tertiary/aromatic N) is 2. The zero-order valence-electron chi connectivity index (χ0n) is 17.5. The lowest BCUT2D eigenvalue weighted by atomic mass is 9.92. The largest absolute Gasteiger partial charge is 0.468 e. The third-order valence-electron chi connectivity index (χ3n) is 5.64. The van der Waals surface area contributed by atoms with E-state index >= 15 is 0 Å². The maximum atomic E-state index is 13.2. The molecule has 1 heterocycles. The molecular formula is C24H24N2O4S. The highest BCUT2D eigenvalue weighted by molar-refractivity contribution is 7.92. The highest BCUT2D eigenvalue weighted by Gasteiger charge is 2.35. The summed E-state index contributed by atoms with van der Waals surface area (Å²) in [5.41, 5.74) is 3.13. The molecule has 0 bridgehead atoms. The molecule has 0 N–H and O–H groups in total. The highest BCUT2D eigenvalue weighted by atomic mass is 32.2. The fourth-order valence-electron chi connectivity index (χ4n) is 4.10. The first kappa shape index (κ1) is 21.2. The molecule has 1 unspecified atom stereocenters. The van der Waals surface area contributed by atoms with Crippen molar-refractivity contribution in [1.82, 2.24) is 0 Å². The Hall–Kier alpha value is -3.08. The molecule has 3 aromatic carbocycles. The molecule has 0 saturated heterocycles. The lowest BCUT2D eigenvalue weighted by Crippen LogP contribution is -2.39. The maximum Gasteiger partial charge on any atom is 0.235 e. The zero-order chi connectivity index (χ0) is 22.0. The standard InChI is InChI=1S/C24H24N2O4S/c1-3-31(27,28)26-23(10-8-20-14-22(30-16-29-2)9-11-24(20)26)19-7-6-18-5-4-17(15-25)12-21(18)13-19/h4-7,9,11-14,23H,3,8,10,16H2,1-2H3. The summed E-state index contributed by atoms with van der Waals surface area (Å²) in [5, 5.41) is 11.2. The van der Waals surface area contributed by atoms with Crippen molar-refractivity contribution in [1.29, 1.82) is 5.26 Å². The van der Waals surface area contributed by atoms with E-state index in [0.29, 0.717) is 23.4 Å². The molecule has 4 rings (SSSR count). The summed E-state index contributed by atoms with van der Waals surface area (Å²) in [6, 6.07) is 18.9. The van der Waals surface area contributed by atoms with Gasteiger partial charge in [0.2, 0.25) is 10.0 Å². The van der Waals surface area contributed by atoms with E-state index in [4.69, 9.17) is 9.47 Å². The fraction of sp³-hybridized carbons (Fsp3) is 0.292. The van der Waals surface area contributed by atoms with Crippen LogP contribution in [0.2, 0.25) is 0 Å². The van der Waals surface area contributed by atoms with Gasteiger partial charge in [0.25, 0.3) is 0 Å². The summed E-state index contributed by atoms with van der Waals surface area (Å²) >= 11 is 0. The topological polar surface area (TPSA) is 79.6 Å². The first-order valence-corrected chi connectivity index (χ1v) is 11.8. The van der Waals surface area contributed by atoms with Crippen molar-refractivity contribution in [3.05, 3.63) is 71.3 Å². The van der Waals surface area contributed by atoms with Crippen LogP contribution in [0.15, 0.2) is 54.6 Å². The van der Waals surface area contributed by atoms with E-state index in [2.05, 4.69) is 6.07 Å². The second-order valence-corrected chi connectivity index (χ2v) is 9.66. The smallest absolute Gasteiger partial charge is 0.235 e. The van der Waals surface area contributed by atoms with Gasteiger partial charge < -0.3 is 9.47 Å². The first-order valence-electron chi connectivity index (χ1n) is 10.2. The van der Waals surface area contributed by atoms with Crippen molar-refractivity contribution in [3.63, 3.8) is 0 Å².